The second-order valence-corrected chi connectivity index (χ2v) is 3.99. The molecule has 17 heavy (non-hydrogen) atoms. The molecule has 1 aliphatic rings. The predicted octanol–water partition coefficient (Wildman–Crippen LogP) is 2.39. The first kappa shape index (κ1) is 9.90. The first-order chi connectivity index (χ1) is 8.36. The molecule has 0 saturated heterocycles. The van der Waals surface area contributed by atoms with Gasteiger partial charge in [0.2, 0.25) is 0 Å². The van der Waals surface area contributed by atoms with E-state index in [0.29, 0.717) is 0 Å². The molecule has 0 fully saturated rings. The third kappa shape index (κ3) is 1.65. The standard InChI is InChI=1S/C14H13N3/c15-17-13-10-6-2-5-9-12(13)16-14(17)11-7-3-1-4-8-11/h1-8,10H,9,15H2. The largest absolute Gasteiger partial charge is 0.337 e. The molecule has 0 amide bonds. The molecule has 1 aliphatic carbocycles. The van der Waals surface area contributed by atoms with Crippen LogP contribution in [0.25, 0.3) is 17.5 Å². The maximum absolute atomic E-state index is 6.10. The maximum atomic E-state index is 6.10. The molecule has 84 valence electrons. The highest BCUT2D eigenvalue weighted by atomic mass is 15.3. The smallest absolute Gasteiger partial charge is 0.159 e. The molecule has 2 aromatic rings. The molecule has 1 aromatic heterocycles. The SMILES string of the molecule is Nn1c(-c2ccccc2)nc2c1C=CC=CC2. The summed E-state index contributed by atoms with van der Waals surface area (Å²) in [7, 11) is 0. The number of allylic oxidation sites excluding steroid dienone is 3. The van der Waals surface area contributed by atoms with E-state index in [-0.39, 0.29) is 0 Å². The van der Waals surface area contributed by atoms with E-state index in [4.69, 9.17) is 5.84 Å². The topological polar surface area (TPSA) is 43.8 Å². The molecular formula is C14H13N3. The minimum absolute atomic E-state index is 0.815. The van der Waals surface area contributed by atoms with Crippen molar-refractivity contribution >= 4 is 6.08 Å². The van der Waals surface area contributed by atoms with Gasteiger partial charge in [-0.2, -0.15) is 0 Å². The number of nitrogen functional groups attached to an aromatic ring is 1. The number of fused-ring (bicyclic) bond motifs is 1. The number of imidazole rings is 1. The van der Waals surface area contributed by atoms with Gasteiger partial charge in [0.1, 0.15) is 0 Å². The van der Waals surface area contributed by atoms with E-state index in [1.54, 1.807) is 4.68 Å². The van der Waals surface area contributed by atoms with Crippen LogP contribution in [0.5, 0.6) is 0 Å². The summed E-state index contributed by atoms with van der Waals surface area (Å²) in [5.41, 5.74) is 3.05. The van der Waals surface area contributed by atoms with Crippen molar-refractivity contribution in [2.75, 3.05) is 5.84 Å². The maximum Gasteiger partial charge on any atom is 0.159 e. The molecule has 0 saturated carbocycles. The third-order valence-electron chi connectivity index (χ3n) is 2.87. The Balaban J connectivity index is 2.15. The van der Waals surface area contributed by atoms with Gasteiger partial charge in [0.25, 0.3) is 0 Å². The molecule has 0 spiro atoms. The number of nitrogens with two attached hydrogens (primary N) is 1. The Kier molecular flexibility index (Phi) is 2.29. The first-order valence-corrected chi connectivity index (χ1v) is 5.61. The Labute approximate surface area is 99.9 Å². The van der Waals surface area contributed by atoms with Crippen LogP contribution >= 0.6 is 0 Å². The summed E-state index contributed by atoms with van der Waals surface area (Å²) in [6, 6.07) is 10.0. The Hall–Kier alpha value is -2.29. The summed E-state index contributed by atoms with van der Waals surface area (Å²) in [4.78, 5) is 4.62. The lowest BCUT2D eigenvalue weighted by Crippen LogP contribution is -2.12. The number of aromatic nitrogens is 2. The van der Waals surface area contributed by atoms with Gasteiger partial charge in [-0.3, -0.25) is 0 Å². The van der Waals surface area contributed by atoms with Crippen LogP contribution in [0, 0.1) is 0 Å². The summed E-state index contributed by atoms with van der Waals surface area (Å²) in [5, 5.41) is 0. The minimum atomic E-state index is 0.815. The van der Waals surface area contributed by atoms with Gasteiger partial charge in [-0.05, 0) is 6.08 Å². The van der Waals surface area contributed by atoms with E-state index in [1.807, 2.05) is 48.6 Å². The fourth-order valence-electron chi connectivity index (χ4n) is 2.01. The molecule has 1 heterocycles. The van der Waals surface area contributed by atoms with Gasteiger partial charge >= 0.3 is 0 Å². The average Bonchev–Trinajstić information content (AvgIpc) is 2.56. The van der Waals surface area contributed by atoms with Crippen molar-refractivity contribution in [2.24, 2.45) is 0 Å². The zero-order valence-electron chi connectivity index (χ0n) is 9.38. The van der Waals surface area contributed by atoms with Crippen LogP contribution in [0.4, 0.5) is 0 Å². The van der Waals surface area contributed by atoms with Crippen LogP contribution in [-0.2, 0) is 6.42 Å². The van der Waals surface area contributed by atoms with Crippen molar-refractivity contribution in [3.8, 4) is 11.4 Å². The molecule has 2 N–H and O–H groups in total. The second kappa shape index (κ2) is 3.94. The summed E-state index contributed by atoms with van der Waals surface area (Å²) >= 11 is 0. The Morgan fingerprint density at radius 1 is 1.12 bits per heavy atom. The van der Waals surface area contributed by atoms with E-state index in [0.717, 1.165) is 29.2 Å². The predicted molar refractivity (Wildman–Crippen MR) is 69.7 cm³/mol. The van der Waals surface area contributed by atoms with Crippen LogP contribution < -0.4 is 5.84 Å². The minimum Gasteiger partial charge on any atom is -0.337 e. The monoisotopic (exact) mass is 223 g/mol. The van der Waals surface area contributed by atoms with Crippen molar-refractivity contribution in [3.63, 3.8) is 0 Å². The quantitative estimate of drug-likeness (QED) is 0.754. The summed E-state index contributed by atoms with van der Waals surface area (Å²) in [5.74, 6) is 6.92. The number of hydrogen-bond donors (Lipinski definition) is 1. The lowest BCUT2D eigenvalue weighted by Gasteiger charge is -2.02. The van der Waals surface area contributed by atoms with Gasteiger partial charge in [-0.15, -0.1) is 0 Å². The molecule has 3 rings (SSSR count). The molecule has 0 bridgehead atoms. The van der Waals surface area contributed by atoms with Crippen LogP contribution in [-0.4, -0.2) is 9.66 Å². The van der Waals surface area contributed by atoms with Crippen LogP contribution in [0.15, 0.2) is 48.6 Å². The van der Waals surface area contributed by atoms with Crippen molar-refractivity contribution in [1.82, 2.24) is 9.66 Å². The highest BCUT2D eigenvalue weighted by molar-refractivity contribution is 5.62. The highest BCUT2D eigenvalue weighted by Gasteiger charge is 2.14. The fourth-order valence-corrected chi connectivity index (χ4v) is 2.01. The second-order valence-electron chi connectivity index (χ2n) is 3.99. The van der Waals surface area contributed by atoms with E-state index in [2.05, 4.69) is 11.1 Å². The fraction of sp³-hybridized carbons (Fsp3) is 0.0714. The molecule has 0 unspecified atom stereocenters. The molecule has 3 nitrogen and oxygen atoms in total. The zero-order chi connectivity index (χ0) is 11.7. The van der Waals surface area contributed by atoms with Crippen LogP contribution in [0.3, 0.4) is 0 Å². The van der Waals surface area contributed by atoms with Crippen LogP contribution in [0.1, 0.15) is 11.4 Å². The van der Waals surface area contributed by atoms with Crippen molar-refractivity contribution in [3.05, 3.63) is 59.9 Å². The number of rotatable bonds is 1. The van der Waals surface area contributed by atoms with Gasteiger partial charge in [-0.1, -0.05) is 48.6 Å². The van der Waals surface area contributed by atoms with E-state index < -0.39 is 0 Å². The summed E-state index contributed by atoms with van der Waals surface area (Å²) < 4.78 is 1.66. The van der Waals surface area contributed by atoms with E-state index >= 15 is 0 Å². The first-order valence-electron chi connectivity index (χ1n) is 5.61. The number of benzene rings is 1. The van der Waals surface area contributed by atoms with Crippen molar-refractivity contribution < 1.29 is 0 Å². The summed E-state index contributed by atoms with van der Waals surface area (Å²) in [6.45, 7) is 0. The highest BCUT2D eigenvalue weighted by Crippen LogP contribution is 2.22. The zero-order valence-corrected chi connectivity index (χ0v) is 9.38. The number of nitrogens with zero attached hydrogens (tertiary/aromatic N) is 2. The van der Waals surface area contributed by atoms with Crippen LogP contribution in [0.2, 0.25) is 0 Å². The van der Waals surface area contributed by atoms with Gasteiger partial charge < -0.3 is 5.84 Å². The molecule has 3 heteroatoms. The van der Waals surface area contributed by atoms with Crippen molar-refractivity contribution in [1.29, 1.82) is 0 Å². The van der Waals surface area contributed by atoms with E-state index in [1.165, 1.54) is 0 Å². The Morgan fingerprint density at radius 2 is 1.94 bits per heavy atom. The average molecular weight is 223 g/mol. The molecule has 0 radical (unpaired) electrons. The lowest BCUT2D eigenvalue weighted by atomic mass is 10.2. The molecule has 0 atom stereocenters. The van der Waals surface area contributed by atoms with Gasteiger partial charge in [-0.25, -0.2) is 9.66 Å². The molecular weight excluding hydrogens is 210 g/mol. The Bertz CT molecular complexity index is 591. The van der Waals surface area contributed by atoms with Gasteiger partial charge in [0.15, 0.2) is 5.82 Å². The summed E-state index contributed by atoms with van der Waals surface area (Å²) in [6.07, 6.45) is 8.92. The van der Waals surface area contributed by atoms with E-state index in [9.17, 15) is 0 Å². The normalized spacial score (nSPS) is 13.4. The Morgan fingerprint density at radius 3 is 2.76 bits per heavy atom. The van der Waals surface area contributed by atoms with Gasteiger partial charge in [0.05, 0.1) is 11.4 Å². The lowest BCUT2D eigenvalue weighted by molar-refractivity contribution is 0.996. The van der Waals surface area contributed by atoms with Gasteiger partial charge in [0, 0.05) is 12.0 Å². The van der Waals surface area contributed by atoms with Crippen molar-refractivity contribution in [2.45, 2.75) is 6.42 Å². The number of hydrogen-bond acceptors (Lipinski definition) is 2. The third-order valence-corrected chi connectivity index (χ3v) is 2.87. The molecule has 0 aliphatic heterocycles. The molecule has 1 aromatic carbocycles.